The Morgan fingerprint density at radius 1 is 1.20 bits per heavy atom. The predicted molar refractivity (Wildman–Crippen MR) is 45.1 cm³/mol. The number of methoxy groups -OCH3 is 1. The molecule has 0 radical (unpaired) electrons. The molecule has 10 heavy (non-hydrogen) atoms. The third-order valence-electron chi connectivity index (χ3n) is 2.65. The Hall–Kier alpha value is -0.0400. The molecule has 0 bridgehead atoms. The molecule has 0 aromatic carbocycles. The van der Waals surface area contributed by atoms with Crippen LogP contribution in [-0.4, -0.2) is 13.2 Å². The second kappa shape index (κ2) is 4.73. The van der Waals surface area contributed by atoms with E-state index in [1.165, 1.54) is 6.42 Å². The first kappa shape index (κ1) is 9.96. The Labute approximate surface area is 64.8 Å². The molecule has 0 fully saturated rings. The molecule has 1 heteroatoms. The van der Waals surface area contributed by atoms with E-state index in [1.54, 1.807) is 7.11 Å². The van der Waals surface area contributed by atoms with Gasteiger partial charge in [0.15, 0.2) is 0 Å². The van der Waals surface area contributed by atoms with E-state index in [0.717, 1.165) is 5.92 Å². The van der Waals surface area contributed by atoms with Crippen LogP contribution in [0.5, 0.6) is 0 Å². The maximum absolute atomic E-state index is 5.23. The van der Waals surface area contributed by atoms with Gasteiger partial charge in [-0.2, -0.15) is 0 Å². The number of rotatable bonds is 4. The van der Waals surface area contributed by atoms with Gasteiger partial charge in [0.2, 0.25) is 0 Å². The zero-order valence-electron chi connectivity index (χ0n) is 7.85. The highest BCUT2D eigenvalue weighted by Gasteiger charge is 2.16. The first-order valence-electron chi connectivity index (χ1n) is 4.16. The van der Waals surface area contributed by atoms with Gasteiger partial charge in [-0.3, -0.25) is 0 Å². The van der Waals surface area contributed by atoms with Crippen molar-refractivity contribution in [1.82, 2.24) is 0 Å². The van der Waals surface area contributed by atoms with Gasteiger partial charge in [-0.1, -0.05) is 27.2 Å². The molecule has 0 aromatic rings. The lowest BCUT2D eigenvalue weighted by molar-refractivity contribution is 0.0513. The van der Waals surface area contributed by atoms with Gasteiger partial charge in [0, 0.05) is 7.11 Å². The summed E-state index contributed by atoms with van der Waals surface area (Å²) in [5, 5.41) is 0. The Morgan fingerprint density at radius 3 is 2.00 bits per heavy atom. The number of hydrogen-bond donors (Lipinski definition) is 0. The molecule has 0 N–H and O–H groups in total. The summed E-state index contributed by atoms with van der Waals surface area (Å²) >= 11 is 0. The summed E-state index contributed by atoms with van der Waals surface area (Å²) in [5.41, 5.74) is 0. The second-order valence-corrected chi connectivity index (χ2v) is 3.19. The van der Waals surface area contributed by atoms with Crippen LogP contribution in [0.4, 0.5) is 0 Å². The molecule has 0 aliphatic carbocycles. The van der Waals surface area contributed by atoms with Crippen molar-refractivity contribution in [2.45, 2.75) is 40.2 Å². The van der Waals surface area contributed by atoms with Crippen molar-refractivity contribution < 1.29 is 4.74 Å². The lowest BCUT2D eigenvalue weighted by Gasteiger charge is -2.23. The lowest BCUT2D eigenvalue weighted by atomic mass is 9.89. The van der Waals surface area contributed by atoms with Crippen molar-refractivity contribution in [2.24, 2.45) is 11.8 Å². The third-order valence-corrected chi connectivity index (χ3v) is 2.65. The zero-order chi connectivity index (χ0) is 8.15. The van der Waals surface area contributed by atoms with Crippen molar-refractivity contribution >= 4 is 0 Å². The third kappa shape index (κ3) is 2.70. The van der Waals surface area contributed by atoms with Crippen molar-refractivity contribution in [2.75, 3.05) is 7.11 Å². The Bertz CT molecular complexity index is 70.8. The quantitative estimate of drug-likeness (QED) is 0.589. The molecule has 0 aliphatic rings. The molecule has 0 rings (SSSR count). The molecule has 1 unspecified atom stereocenters. The highest BCUT2D eigenvalue weighted by Crippen LogP contribution is 2.19. The molecular formula is C9H20O. The highest BCUT2D eigenvalue weighted by molar-refractivity contribution is 4.66. The monoisotopic (exact) mass is 144 g/mol. The predicted octanol–water partition coefficient (Wildman–Crippen LogP) is 2.70. The van der Waals surface area contributed by atoms with E-state index in [4.69, 9.17) is 4.74 Å². The largest absolute Gasteiger partial charge is 0.381 e. The minimum atomic E-state index is 0.398. The SMILES string of the molecule is CCC(C)[C@@H](C)[C@@H](C)OC. The molecule has 0 aromatic heterocycles. The van der Waals surface area contributed by atoms with E-state index in [9.17, 15) is 0 Å². The van der Waals surface area contributed by atoms with Crippen LogP contribution in [0, 0.1) is 11.8 Å². The van der Waals surface area contributed by atoms with Crippen molar-refractivity contribution in [3.8, 4) is 0 Å². The average Bonchev–Trinajstić information content (AvgIpc) is 2.00. The fraction of sp³-hybridized carbons (Fsp3) is 1.00. The summed E-state index contributed by atoms with van der Waals surface area (Å²) in [5.74, 6) is 1.45. The van der Waals surface area contributed by atoms with E-state index in [2.05, 4.69) is 27.7 Å². The Kier molecular flexibility index (Phi) is 4.71. The number of hydrogen-bond acceptors (Lipinski definition) is 1. The summed E-state index contributed by atoms with van der Waals surface area (Å²) in [6, 6.07) is 0. The van der Waals surface area contributed by atoms with Gasteiger partial charge in [0.1, 0.15) is 0 Å². The van der Waals surface area contributed by atoms with Gasteiger partial charge >= 0.3 is 0 Å². The van der Waals surface area contributed by atoms with Gasteiger partial charge in [-0.25, -0.2) is 0 Å². The first-order chi connectivity index (χ1) is 4.63. The van der Waals surface area contributed by atoms with Gasteiger partial charge in [-0.15, -0.1) is 0 Å². The van der Waals surface area contributed by atoms with Crippen LogP contribution in [0.1, 0.15) is 34.1 Å². The molecule has 0 aliphatic heterocycles. The molecule has 0 spiro atoms. The van der Waals surface area contributed by atoms with Gasteiger partial charge in [0.05, 0.1) is 6.10 Å². The van der Waals surface area contributed by atoms with Crippen LogP contribution in [0.25, 0.3) is 0 Å². The topological polar surface area (TPSA) is 9.23 Å². The van der Waals surface area contributed by atoms with Crippen molar-refractivity contribution in [3.05, 3.63) is 0 Å². The molecule has 1 nitrogen and oxygen atoms in total. The van der Waals surface area contributed by atoms with Gasteiger partial charge < -0.3 is 4.74 Å². The highest BCUT2D eigenvalue weighted by atomic mass is 16.5. The molecule has 0 saturated heterocycles. The molecule has 3 atom stereocenters. The van der Waals surface area contributed by atoms with Crippen LogP contribution < -0.4 is 0 Å². The molecule has 0 heterocycles. The summed E-state index contributed by atoms with van der Waals surface area (Å²) in [6.45, 7) is 8.89. The minimum Gasteiger partial charge on any atom is -0.381 e. The van der Waals surface area contributed by atoms with E-state index in [0.29, 0.717) is 12.0 Å². The van der Waals surface area contributed by atoms with E-state index in [1.807, 2.05) is 0 Å². The maximum atomic E-state index is 5.23. The fourth-order valence-corrected chi connectivity index (χ4v) is 1.05. The van der Waals surface area contributed by atoms with Crippen LogP contribution in [0.2, 0.25) is 0 Å². The van der Waals surface area contributed by atoms with Crippen molar-refractivity contribution in [3.63, 3.8) is 0 Å². The smallest absolute Gasteiger partial charge is 0.0571 e. The van der Waals surface area contributed by atoms with E-state index >= 15 is 0 Å². The first-order valence-corrected chi connectivity index (χ1v) is 4.16. The normalized spacial score (nSPS) is 20.1. The van der Waals surface area contributed by atoms with Crippen LogP contribution in [0.15, 0.2) is 0 Å². The zero-order valence-corrected chi connectivity index (χ0v) is 7.85. The summed E-state index contributed by atoms with van der Waals surface area (Å²) in [6.07, 6.45) is 1.64. The summed E-state index contributed by atoms with van der Waals surface area (Å²) < 4.78 is 5.23. The molecular weight excluding hydrogens is 124 g/mol. The Balaban J connectivity index is 3.69. The molecule has 0 saturated carbocycles. The summed E-state index contributed by atoms with van der Waals surface area (Å²) in [7, 11) is 1.78. The average molecular weight is 144 g/mol. The minimum absolute atomic E-state index is 0.398. The van der Waals surface area contributed by atoms with E-state index < -0.39 is 0 Å². The molecule has 62 valence electrons. The Morgan fingerprint density at radius 2 is 1.70 bits per heavy atom. The van der Waals surface area contributed by atoms with Crippen LogP contribution >= 0.6 is 0 Å². The van der Waals surface area contributed by atoms with Crippen molar-refractivity contribution in [1.29, 1.82) is 0 Å². The maximum Gasteiger partial charge on any atom is 0.0571 e. The fourth-order valence-electron chi connectivity index (χ4n) is 1.05. The molecule has 0 amide bonds. The lowest BCUT2D eigenvalue weighted by Crippen LogP contribution is -2.22. The second-order valence-electron chi connectivity index (χ2n) is 3.19. The van der Waals surface area contributed by atoms with Crippen LogP contribution in [-0.2, 0) is 4.74 Å². The van der Waals surface area contributed by atoms with E-state index in [-0.39, 0.29) is 0 Å². The number of ether oxygens (including phenoxy) is 1. The van der Waals surface area contributed by atoms with Crippen LogP contribution in [0.3, 0.4) is 0 Å². The van der Waals surface area contributed by atoms with Gasteiger partial charge in [0.25, 0.3) is 0 Å². The standard InChI is InChI=1S/C9H20O/c1-6-7(2)8(3)9(4)10-5/h7-9H,6H2,1-5H3/t7?,8-,9-/m1/s1. The van der Waals surface area contributed by atoms with Gasteiger partial charge in [-0.05, 0) is 18.8 Å². The summed E-state index contributed by atoms with van der Waals surface area (Å²) in [4.78, 5) is 0.